The first-order chi connectivity index (χ1) is 7.16. The van der Waals surface area contributed by atoms with E-state index in [1.54, 1.807) is 24.3 Å². The first-order valence-electron chi connectivity index (χ1n) is 4.46. The molecule has 0 saturated carbocycles. The van der Waals surface area contributed by atoms with E-state index < -0.39 is 0 Å². The summed E-state index contributed by atoms with van der Waals surface area (Å²) in [5.74, 6) is -0.677. The number of ketones is 2. The van der Waals surface area contributed by atoms with Crippen molar-refractivity contribution in [2.24, 2.45) is 0 Å². The van der Waals surface area contributed by atoms with Gasteiger partial charge in [-0.25, -0.2) is 0 Å². The third-order valence-corrected chi connectivity index (χ3v) is 2.41. The van der Waals surface area contributed by atoms with Crippen LogP contribution in [0, 0.1) is 11.3 Å². The summed E-state index contributed by atoms with van der Waals surface area (Å²) in [6, 6.07) is 8.46. The van der Waals surface area contributed by atoms with Gasteiger partial charge in [0.25, 0.3) is 0 Å². The Kier molecular flexibility index (Phi) is 1.98. The molecule has 0 spiro atoms. The fourth-order valence-electron chi connectivity index (χ4n) is 1.65. The second-order valence-electron chi connectivity index (χ2n) is 3.32. The molecule has 3 nitrogen and oxygen atoms in total. The normalized spacial score (nSPS) is 13.7. The van der Waals surface area contributed by atoms with Gasteiger partial charge in [-0.05, 0) is 6.92 Å². The molecule has 1 aromatic carbocycles. The van der Waals surface area contributed by atoms with Gasteiger partial charge in [0.1, 0.15) is 0 Å². The SMILES string of the molecule is CC(C#N)=C1C(=O)c2ccccc2C1=O. The van der Waals surface area contributed by atoms with Crippen LogP contribution in [0.15, 0.2) is 35.4 Å². The molecule has 1 aliphatic rings. The van der Waals surface area contributed by atoms with Crippen LogP contribution in [-0.4, -0.2) is 11.6 Å². The van der Waals surface area contributed by atoms with E-state index in [2.05, 4.69) is 0 Å². The fraction of sp³-hybridized carbons (Fsp3) is 0.0833. The predicted octanol–water partition coefficient (Wildman–Crippen LogP) is 1.91. The summed E-state index contributed by atoms with van der Waals surface area (Å²) in [5.41, 5.74) is 0.985. The molecule has 0 unspecified atom stereocenters. The molecule has 0 aliphatic heterocycles. The number of hydrogen-bond acceptors (Lipinski definition) is 3. The number of nitrogens with zero attached hydrogens (tertiary/aromatic N) is 1. The first kappa shape index (κ1) is 9.35. The van der Waals surface area contributed by atoms with E-state index in [4.69, 9.17) is 5.26 Å². The lowest BCUT2D eigenvalue weighted by Crippen LogP contribution is -2.03. The standard InChI is InChI=1S/C12H7NO2/c1-7(6-13)10-11(14)8-4-2-3-5-9(8)12(10)15/h2-5H,1H3. The zero-order valence-electron chi connectivity index (χ0n) is 8.07. The number of benzene rings is 1. The molecular weight excluding hydrogens is 190 g/mol. The number of allylic oxidation sites excluding steroid dienone is 2. The summed E-state index contributed by atoms with van der Waals surface area (Å²) in [6.07, 6.45) is 0. The molecule has 72 valence electrons. The molecule has 0 fully saturated rings. The molecule has 1 aromatic rings. The summed E-state index contributed by atoms with van der Waals surface area (Å²) >= 11 is 0. The Labute approximate surface area is 86.6 Å². The van der Waals surface area contributed by atoms with Crippen molar-refractivity contribution in [2.45, 2.75) is 6.92 Å². The molecule has 15 heavy (non-hydrogen) atoms. The minimum atomic E-state index is -0.338. The topological polar surface area (TPSA) is 57.9 Å². The van der Waals surface area contributed by atoms with E-state index in [1.807, 2.05) is 6.07 Å². The summed E-state index contributed by atoms with van der Waals surface area (Å²) in [7, 11) is 0. The molecule has 1 aliphatic carbocycles. The maximum Gasteiger partial charge on any atom is 0.198 e. The van der Waals surface area contributed by atoms with Gasteiger partial charge in [-0.2, -0.15) is 5.26 Å². The second kappa shape index (κ2) is 3.18. The Hall–Kier alpha value is -2.21. The molecule has 0 atom stereocenters. The summed E-state index contributed by atoms with van der Waals surface area (Å²) in [4.78, 5) is 23.6. The smallest absolute Gasteiger partial charge is 0.198 e. The lowest BCUT2D eigenvalue weighted by atomic mass is 10.1. The zero-order valence-corrected chi connectivity index (χ0v) is 8.07. The van der Waals surface area contributed by atoms with Gasteiger partial charge in [0.05, 0.1) is 11.6 Å². The number of carbonyl (C=O) groups is 2. The van der Waals surface area contributed by atoms with Crippen LogP contribution in [-0.2, 0) is 0 Å². The maximum absolute atomic E-state index is 11.8. The van der Waals surface area contributed by atoms with Crippen molar-refractivity contribution >= 4 is 11.6 Å². The van der Waals surface area contributed by atoms with Crippen LogP contribution in [0.2, 0.25) is 0 Å². The molecule has 0 saturated heterocycles. The summed E-state index contributed by atoms with van der Waals surface area (Å²) in [6.45, 7) is 1.48. The zero-order chi connectivity index (χ0) is 11.0. The van der Waals surface area contributed by atoms with Crippen molar-refractivity contribution in [1.29, 1.82) is 5.26 Å². The average molecular weight is 197 g/mol. The molecule has 2 rings (SSSR count). The van der Waals surface area contributed by atoms with E-state index in [0.717, 1.165) is 0 Å². The molecule has 0 heterocycles. The number of hydrogen-bond donors (Lipinski definition) is 0. The van der Waals surface area contributed by atoms with Gasteiger partial charge in [-0.3, -0.25) is 9.59 Å². The highest BCUT2D eigenvalue weighted by Gasteiger charge is 2.34. The Balaban J connectivity index is 2.72. The van der Waals surface area contributed by atoms with Gasteiger partial charge < -0.3 is 0 Å². The highest BCUT2D eigenvalue weighted by molar-refractivity contribution is 6.40. The van der Waals surface area contributed by atoms with E-state index in [1.165, 1.54) is 6.92 Å². The van der Waals surface area contributed by atoms with Crippen LogP contribution < -0.4 is 0 Å². The van der Waals surface area contributed by atoms with E-state index >= 15 is 0 Å². The highest BCUT2D eigenvalue weighted by atomic mass is 16.2. The van der Waals surface area contributed by atoms with Gasteiger partial charge in [0.2, 0.25) is 0 Å². The Morgan fingerprint density at radius 1 is 1.13 bits per heavy atom. The molecule has 0 aromatic heterocycles. The Morgan fingerprint density at radius 3 is 2.00 bits per heavy atom. The highest BCUT2D eigenvalue weighted by Crippen LogP contribution is 2.27. The van der Waals surface area contributed by atoms with Gasteiger partial charge in [0.15, 0.2) is 11.6 Å². The van der Waals surface area contributed by atoms with Crippen molar-refractivity contribution in [3.8, 4) is 6.07 Å². The third kappa shape index (κ3) is 1.19. The number of rotatable bonds is 0. The molecule has 0 N–H and O–H groups in total. The van der Waals surface area contributed by atoms with Gasteiger partial charge in [-0.1, -0.05) is 24.3 Å². The number of Topliss-reactive ketones (excluding diaryl/α,β-unsaturated/α-hetero) is 2. The van der Waals surface area contributed by atoms with Crippen LogP contribution in [0.4, 0.5) is 0 Å². The minimum absolute atomic E-state index is 0.0127. The molecule has 0 radical (unpaired) electrons. The van der Waals surface area contributed by atoms with Crippen molar-refractivity contribution in [2.75, 3.05) is 0 Å². The molecule has 3 heteroatoms. The monoisotopic (exact) mass is 197 g/mol. The third-order valence-electron chi connectivity index (χ3n) is 2.41. The van der Waals surface area contributed by atoms with Crippen LogP contribution >= 0.6 is 0 Å². The number of nitriles is 1. The first-order valence-corrected chi connectivity index (χ1v) is 4.46. The lowest BCUT2D eigenvalue weighted by Gasteiger charge is -1.92. The average Bonchev–Trinajstić information content (AvgIpc) is 2.52. The van der Waals surface area contributed by atoms with Crippen LogP contribution in [0.25, 0.3) is 0 Å². The maximum atomic E-state index is 11.8. The number of carbonyl (C=O) groups excluding carboxylic acids is 2. The van der Waals surface area contributed by atoms with Crippen molar-refractivity contribution < 1.29 is 9.59 Å². The fourth-order valence-corrected chi connectivity index (χ4v) is 1.65. The minimum Gasteiger partial charge on any atom is -0.288 e. The van der Waals surface area contributed by atoms with Gasteiger partial charge in [0, 0.05) is 16.7 Å². The quantitative estimate of drug-likeness (QED) is 0.362. The van der Waals surface area contributed by atoms with Gasteiger partial charge in [-0.15, -0.1) is 0 Å². The molecular formula is C12H7NO2. The number of fused-ring (bicyclic) bond motifs is 1. The van der Waals surface area contributed by atoms with E-state index in [-0.39, 0.29) is 22.7 Å². The largest absolute Gasteiger partial charge is 0.288 e. The van der Waals surface area contributed by atoms with Crippen LogP contribution in [0.5, 0.6) is 0 Å². The lowest BCUT2D eigenvalue weighted by molar-refractivity contribution is 0.0987. The van der Waals surface area contributed by atoms with Crippen molar-refractivity contribution in [1.82, 2.24) is 0 Å². The van der Waals surface area contributed by atoms with Gasteiger partial charge >= 0.3 is 0 Å². The van der Waals surface area contributed by atoms with Crippen LogP contribution in [0.1, 0.15) is 27.6 Å². The van der Waals surface area contributed by atoms with Crippen molar-refractivity contribution in [3.63, 3.8) is 0 Å². The Morgan fingerprint density at radius 2 is 1.60 bits per heavy atom. The van der Waals surface area contributed by atoms with Crippen molar-refractivity contribution in [3.05, 3.63) is 46.5 Å². The van der Waals surface area contributed by atoms with E-state index in [9.17, 15) is 9.59 Å². The molecule has 0 amide bonds. The predicted molar refractivity (Wildman–Crippen MR) is 53.4 cm³/mol. The second-order valence-corrected chi connectivity index (χ2v) is 3.32. The molecule has 0 bridgehead atoms. The Bertz CT molecular complexity index is 510. The summed E-state index contributed by atoms with van der Waals surface area (Å²) in [5, 5.41) is 8.70. The van der Waals surface area contributed by atoms with E-state index in [0.29, 0.717) is 11.1 Å². The summed E-state index contributed by atoms with van der Waals surface area (Å²) < 4.78 is 0. The van der Waals surface area contributed by atoms with Crippen LogP contribution in [0.3, 0.4) is 0 Å².